The number of hydrogen-bond donors (Lipinski definition) is 1. The van der Waals surface area contributed by atoms with Gasteiger partial charge in [0.25, 0.3) is 5.91 Å². The van der Waals surface area contributed by atoms with Gasteiger partial charge < -0.3 is 14.8 Å². The minimum absolute atomic E-state index is 0.0763. The van der Waals surface area contributed by atoms with E-state index in [2.05, 4.69) is 5.32 Å². The fourth-order valence-electron chi connectivity index (χ4n) is 2.95. The fourth-order valence-corrected chi connectivity index (χ4v) is 2.95. The monoisotopic (exact) mass is 305 g/mol. The van der Waals surface area contributed by atoms with Crippen LogP contribution in [0.2, 0.25) is 0 Å². The number of carbonyl (C=O) groups excluding carboxylic acids is 1. The van der Waals surface area contributed by atoms with Crippen molar-refractivity contribution in [3.05, 3.63) is 29.3 Å². The number of benzene rings is 1. The van der Waals surface area contributed by atoms with Crippen LogP contribution in [0.5, 0.6) is 5.75 Å². The van der Waals surface area contributed by atoms with E-state index in [4.69, 9.17) is 9.47 Å². The molecule has 1 aromatic carbocycles. The van der Waals surface area contributed by atoms with Gasteiger partial charge in [0.1, 0.15) is 5.75 Å². The molecule has 1 aliphatic carbocycles. The molecule has 1 N–H and O–H groups in total. The van der Waals surface area contributed by atoms with Gasteiger partial charge in [-0.2, -0.15) is 0 Å². The van der Waals surface area contributed by atoms with Crippen molar-refractivity contribution in [1.82, 2.24) is 5.32 Å². The summed E-state index contributed by atoms with van der Waals surface area (Å²) in [6, 6.07) is 5.63. The van der Waals surface area contributed by atoms with E-state index in [1.165, 1.54) is 32.1 Å². The molecule has 4 nitrogen and oxygen atoms in total. The molecule has 0 spiro atoms. The van der Waals surface area contributed by atoms with Crippen LogP contribution in [0.25, 0.3) is 0 Å². The van der Waals surface area contributed by atoms with Crippen LogP contribution in [0.1, 0.15) is 54.4 Å². The zero-order chi connectivity index (χ0) is 15.8. The molecule has 1 fully saturated rings. The highest BCUT2D eigenvalue weighted by Crippen LogP contribution is 2.22. The van der Waals surface area contributed by atoms with Crippen molar-refractivity contribution in [2.75, 3.05) is 20.3 Å². The molecule has 2 rings (SSSR count). The molecule has 0 unspecified atom stereocenters. The van der Waals surface area contributed by atoms with Crippen LogP contribution < -0.4 is 10.1 Å². The first-order valence-electron chi connectivity index (χ1n) is 8.25. The van der Waals surface area contributed by atoms with Crippen molar-refractivity contribution in [2.24, 2.45) is 0 Å². The molecule has 1 aromatic rings. The number of ether oxygens (including phenoxy) is 2. The smallest absolute Gasteiger partial charge is 0.255 e. The van der Waals surface area contributed by atoms with Crippen LogP contribution in [0, 0.1) is 6.92 Å². The van der Waals surface area contributed by atoms with Crippen molar-refractivity contribution in [2.45, 2.75) is 51.6 Å². The van der Waals surface area contributed by atoms with E-state index in [1.807, 2.05) is 25.1 Å². The van der Waals surface area contributed by atoms with Crippen LogP contribution in [0.4, 0.5) is 0 Å². The first kappa shape index (κ1) is 16.8. The van der Waals surface area contributed by atoms with Crippen LogP contribution in [0.3, 0.4) is 0 Å². The van der Waals surface area contributed by atoms with Crippen LogP contribution >= 0.6 is 0 Å². The van der Waals surface area contributed by atoms with E-state index < -0.39 is 0 Å². The topological polar surface area (TPSA) is 47.6 Å². The lowest BCUT2D eigenvalue weighted by Gasteiger charge is -2.22. The molecule has 0 radical (unpaired) electrons. The molecule has 0 aromatic heterocycles. The summed E-state index contributed by atoms with van der Waals surface area (Å²) < 4.78 is 11.1. The van der Waals surface area contributed by atoms with Gasteiger partial charge in [-0.05, 0) is 37.8 Å². The molecule has 0 saturated heterocycles. The number of rotatable bonds is 7. The highest BCUT2D eigenvalue weighted by molar-refractivity contribution is 5.98. The van der Waals surface area contributed by atoms with Crippen molar-refractivity contribution < 1.29 is 14.3 Å². The number of nitrogens with one attached hydrogen (secondary N) is 1. The quantitative estimate of drug-likeness (QED) is 0.785. The second-order valence-electron chi connectivity index (χ2n) is 5.89. The van der Waals surface area contributed by atoms with Crippen LogP contribution in [-0.2, 0) is 4.74 Å². The third-order valence-electron chi connectivity index (χ3n) is 4.19. The molecule has 1 aliphatic rings. The van der Waals surface area contributed by atoms with Gasteiger partial charge in [-0.1, -0.05) is 31.4 Å². The molecule has 4 heteroatoms. The summed E-state index contributed by atoms with van der Waals surface area (Å²) in [4.78, 5) is 12.3. The Kier molecular flexibility index (Phi) is 6.72. The Morgan fingerprint density at radius 2 is 2.05 bits per heavy atom. The van der Waals surface area contributed by atoms with E-state index in [9.17, 15) is 4.79 Å². The van der Waals surface area contributed by atoms with Gasteiger partial charge in [-0.25, -0.2) is 0 Å². The van der Waals surface area contributed by atoms with E-state index in [-0.39, 0.29) is 5.91 Å². The van der Waals surface area contributed by atoms with E-state index >= 15 is 0 Å². The third kappa shape index (κ3) is 4.73. The average molecular weight is 305 g/mol. The third-order valence-corrected chi connectivity index (χ3v) is 4.19. The maximum absolute atomic E-state index is 12.3. The number of aryl methyl sites for hydroxylation is 1. The SMILES string of the molecule is COc1cccc(C)c1C(=O)NCCCOC1CCCCC1. The molecule has 0 atom stereocenters. The normalized spacial score (nSPS) is 15.5. The van der Waals surface area contributed by atoms with Gasteiger partial charge in [0.05, 0.1) is 18.8 Å². The molecule has 0 aliphatic heterocycles. The van der Waals surface area contributed by atoms with E-state index in [0.29, 0.717) is 24.0 Å². The lowest BCUT2D eigenvalue weighted by molar-refractivity contribution is 0.0273. The molecule has 22 heavy (non-hydrogen) atoms. The maximum atomic E-state index is 12.3. The molecular weight excluding hydrogens is 278 g/mol. The number of carbonyl (C=O) groups is 1. The Labute approximate surface area is 133 Å². The number of amides is 1. The molecule has 1 saturated carbocycles. The van der Waals surface area contributed by atoms with E-state index in [0.717, 1.165) is 18.6 Å². The van der Waals surface area contributed by atoms with Crippen molar-refractivity contribution in [3.8, 4) is 5.75 Å². The Bertz CT molecular complexity index is 481. The zero-order valence-electron chi connectivity index (χ0n) is 13.7. The number of hydrogen-bond acceptors (Lipinski definition) is 3. The van der Waals surface area contributed by atoms with Crippen LogP contribution in [-0.4, -0.2) is 32.3 Å². The fraction of sp³-hybridized carbons (Fsp3) is 0.611. The second kappa shape index (κ2) is 8.79. The Balaban J connectivity index is 1.71. The largest absolute Gasteiger partial charge is 0.496 e. The Morgan fingerprint density at radius 3 is 2.77 bits per heavy atom. The zero-order valence-corrected chi connectivity index (χ0v) is 13.7. The molecular formula is C18H27NO3. The lowest BCUT2D eigenvalue weighted by Crippen LogP contribution is -2.27. The predicted octanol–water partition coefficient (Wildman–Crippen LogP) is 3.47. The summed E-state index contributed by atoms with van der Waals surface area (Å²) in [5.74, 6) is 0.545. The Hall–Kier alpha value is -1.55. The van der Waals surface area contributed by atoms with Crippen molar-refractivity contribution in [3.63, 3.8) is 0 Å². The number of methoxy groups -OCH3 is 1. The van der Waals surface area contributed by atoms with Crippen molar-refractivity contribution in [1.29, 1.82) is 0 Å². The van der Waals surface area contributed by atoms with Crippen LogP contribution in [0.15, 0.2) is 18.2 Å². The second-order valence-corrected chi connectivity index (χ2v) is 5.89. The summed E-state index contributed by atoms with van der Waals surface area (Å²) in [7, 11) is 1.59. The van der Waals surface area contributed by atoms with Gasteiger partial charge >= 0.3 is 0 Å². The summed E-state index contributed by atoms with van der Waals surface area (Å²) in [6.07, 6.45) is 7.56. The van der Waals surface area contributed by atoms with Gasteiger partial charge in [0.15, 0.2) is 0 Å². The summed E-state index contributed by atoms with van der Waals surface area (Å²) in [6.45, 7) is 3.27. The van der Waals surface area contributed by atoms with Crippen molar-refractivity contribution >= 4 is 5.91 Å². The van der Waals surface area contributed by atoms with Gasteiger partial charge in [-0.3, -0.25) is 4.79 Å². The predicted molar refractivity (Wildman–Crippen MR) is 87.5 cm³/mol. The van der Waals surface area contributed by atoms with Gasteiger partial charge in [-0.15, -0.1) is 0 Å². The summed E-state index contributed by atoms with van der Waals surface area (Å²) >= 11 is 0. The molecule has 0 bridgehead atoms. The lowest BCUT2D eigenvalue weighted by atomic mass is 9.98. The first-order chi connectivity index (χ1) is 10.7. The maximum Gasteiger partial charge on any atom is 0.255 e. The summed E-state index contributed by atoms with van der Waals surface area (Å²) in [5.41, 5.74) is 1.55. The highest BCUT2D eigenvalue weighted by Gasteiger charge is 2.15. The standard InChI is InChI=1S/C18H27NO3/c1-14-8-6-11-16(21-2)17(14)18(20)19-12-7-13-22-15-9-4-3-5-10-15/h6,8,11,15H,3-5,7,9-10,12-13H2,1-2H3,(H,19,20). The molecule has 1 amide bonds. The minimum atomic E-state index is -0.0763. The first-order valence-corrected chi connectivity index (χ1v) is 8.25. The van der Waals surface area contributed by atoms with Gasteiger partial charge in [0, 0.05) is 13.2 Å². The highest BCUT2D eigenvalue weighted by atomic mass is 16.5. The average Bonchev–Trinajstić information content (AvgIpc) is 2.55. The van der Waals surface area contributed by atoms with E-state index in [1.54, 1.807) is 7.11 Å². The molecule has 122 valence electrons. The minimum Gasteiger partial charge on any atom is -0.496 e. The van der Waals surface area contributed by atoms with Gasteiger partial charge in [0.2, 0.25) is 0 Å². The summed E-state index contributed by atoms with van der Waals surface area (Å²) in [5, 5.41) is 2.95. The molecule has 0 heterocycles. The Morgan fingerprint density at radius 1 is 1.27 bits per heavy atom.